The van der Waals surface area contributed by atoms with Crippen LogP contribution in [0.4, 0.5) is 0 Å². The van der Waals surface area contributed by atoms with Crippen LogP contribution in [0.3, 0.4) is 0 Å². The summed E-state index contributed by atoms with van der Waals surface area (Å²) in [6.07, 6.45) is 8.39. The molecule has 1 atom stereocenters. The molecular formula is C15H27Cl2N5O. The first-order valence-electron chi connectivity index (χ1n) is 8.24. The maximum Gasteiger partial charge on any atom is 0.221 e. The lowest BCUT2D eigenvalue weighted by molar-refractivity contribution is -0.121. The molecule has 0 bridgehead atoms. The average molecular weight is 364 g/mol. The summed E-state index contributed by atoms with van der Waals surface area (Å²) in [6, 6.07) is 0.370. The van der Waals surface area contributed by atoms with Gasteiger partial charge in [0.1, 0.15) is 11.6 Å². The fourth-order valence-electron chi connectivity index (χ4n) is 3.27. The zero-order chi connectivity index (χ0) is 14.5. The number of fused-ring (bicyclic) bond motifs is 1. The standard InChI is InChI=1S/C15H25N5O.2ClH/c21-15(11-12-5-4-8-16-12)17-9-7-14-19-18-13-6-2-1-3-10-20(13)14;;/h12,16H,1-11H2,(H,17,21);2*1H. The third kappa shape index (κ3) is 5.62. The summed E-state index contributed by atoms with van der Waals surface area (Å²) in [5, 5.41) is 14.9. The Labute approximate surface area is 150 Å². The van der Waals surface area contributed by atoms with Gasteiger partial charge in [0.15, 0.2) is 0 Å². The first-order chi connectivity index (χ1) is 10.3. The average Bonchev–Trinajstić information content (AvgIpc) is 3.04. The molecule has 1 unspecified atom stereocenters. The van der Waals surface area contributed by atoms with E-state index in [0.717, 1.165) is 44.0 Å². The van der Waals surface area contributed by atoms with E-state index >= 15 is 0 Å². The minimum absolute atomic E-state index is 0. The van der Waals surface area contributed by atoms with Gasteiger partial charge in [0.2, 0.25) is 5.91 Å². The van der Waals surface area contributed by atoms with Gasteiger partial charge in [0.25, 0.3) is 0 Å². The fraction of sp³-hybridized carbons (Fsp3) is 0.800. The molecule has 0 aromatic carbocycles. The van der Waals surface area contributed by atoms with E-state index in [-0.39, 0.29) is 30.7 Å². The Morgan fingerprint density at radius 1 is 1.22 bits per heavy atom. The summed E-state index contributed by atoms with van der Waals surface area (Å²) in [5.41, 5.74) is 0. The summed E-state index contributed by atoms with van der Waals surface area (Å²) in [6.45, 7) is 2.73. The summed E-state index contributed by atoms with van der Waals surface area (Å²) >= 11 is 0. The molecule has 0 spiro atoms. The van der Waals surface area contributed by atoms with E-state index in [2.05, 4.69) is 25.4 Å². The van der Waals surface area contributed by atoms with Crippen LogP contribution in [0, 0.1) is 0 Å². The molecule has 1 aromatic heterocycles. The van der Waals surface area contributed by atoms with Gasteiger partial charge in [-0.2, -0.15) is 0 Å². The number of aromatic nitrogens is 3. The molecule has 2 aliphatic heterocycles. The first-order valence-corrected chi connectivity index (χ1v) is 8.24. The summed E-state index contributed by atoms with van der Waals surface area (Å²) in [5.74, 6) is 2.28. The van der Waals surface area contributed by atoms with Gasteiger partial charge in [-0.15, -0.1) is 35.0 Å². The SMILES string of the molecule is Cl.Cl.O=C(CC1CCCN1)NCCc1nnc2n1CCCCC2. The summed E-state index contributed by atoms with van der Waals surface area (Å²) in [7, 11) is 0. The van der Waals surface area contributed by atoms with Crippen molar-refractivity contribution >= 4 is 30.7 Å². The van der Waals surface area contributed by atoms with Gasteiger partial charge in [-0.1, -0.05) is 6.42 Å². The van der Waals surface area contributed by atoms with Crippen LogP contribution in [0.25, 0.3) is 0 Å². The third-order valence-electron chi connectivity index (χ3n) is 4.45. The number of nitrogens with zero attached hydrogens (tertiary/aromatic N) is 3. The number of amides is 1. The lowest BCUT2D eigenvalue weighted by Gasteiger charge is -2.11. The second-order valence-electron chi connectivity index (χ2n) is 6.09. The van der Waals surface area contributed by atoms with E-state index < -0.39 is 0 Å². The molecule has 0 radical (unpaired) electrons. The lowest BCUT2D eigenvalue weighted by Crippen LogP contribution is -2.33. The topological polar surface area (TPSA) is 71.8 Å². The highest BCUT2D eigenvalue weighted by Gasteiger charge is 2.18. The van der Waals surface area contributed by atoms with Crippen LogP contribution in [0.1, 0.15) is 50.2 Å². The lowest BCUT2D eigenvalue weighted by atomic mass is 10.1. The van der Waals surface area contributed by atoms with Crippen LogP contribution in [0.15, 0.2) is 0 Å². The highest BCUT2D eigenvalue weighted by atomic mass is 35.5. The largest absolute Gasteiger partial charge is 0.356 e. The molecule has 1 fully saturated rings. The number of carbonyl (C=O) groups excluding carboxylic acids is 1. The number of carbonyl (C=O) groups is 1. The van der Waals surface area contributed by atoms with E-state index in [1.165, 1.54) is 25.7 Å². The minimum atomic E-state index is 0. The first kappa shape index (κ1) is 20.2. The molecule has 132 valence electrons. The minimum Gasteiger partial charge on any atom is -0.356 e. The van der Waals surface area contributed by atoms with Gasteiger partial charge in [0.05, 0.1) is 0 Å². The smallest absolute Gasteiger partial charge is 0.221 e. The number of nitrogens with one attached hydrogen (secondary N) is 2. The quantitative estimate of drug-likeness (QED) is 0.834. The Morgan fingerprint density at radius 2 is 2.09 bits per heavy atom. The molecule has 1 saturated heterocycles. The number of rotatable bonds is 5. The van der Waals surface area contributed by atoms with E-state index in [1.807, 2.05) is 0 Å². The Kier molecular flexibility index (Phi) is 8.87. The van der Waals surface area contributed by atoms with E-state index in [4.69, 9.17) is 0 Å². The molecule has 2 N–H and O–H groups in total. The monoisotopic (exact) mass is 363 g/mol. The maximum absolute atomic E-state index is 11.9. The van der Waals surface area contributed by atoms with Gasteiger partial charge < -0.3 is 15.2 Å². The van der Waals surface area contributed by atoms with Gasteiger partial charge >= 0.3 is 0 Å². The molecule has 6 nitrogen and oxygen atoms in total. The Balaban J connectivity index is 0.00000132. The van der Waals surface area contributed by atoms with E-state index in [1.54, 1.807) is 0 Å². The van der Waals surface area contributed by atoms with Crippen LogP contribution in [-0.4, -0.2) is 39.8 Å². The number of aryl methyl sites for hydroxylation is 1. The van der Waals surface area contributed by atoms with Crippen molar-refractivity contribution in [2.24, 2.45) is 0 Å². The van der Waals surface area contributed by atoms with E-state index in [0.29, 0.717) is 19.0 Å². The normalized spacial score (nSPS) is 19.9. The number of hydrogen-bond acceptors (Lipinski definition) is 4. The number of hydrogen-bond donors (Lipinski definition) is 2. The molecule has 8 heteroatoms. The predicted octanol–water partition coefficient (Wildman–Crippen LogP) is 1.65. The predicted molar refractivity (Wildman–Crippen MR) is 94.4 cm³/mol. The maximum atomic E-state index is 11.9. The van der Waals surface area contributed by atoms with Crippen LogP contribution >= 0.6 is 24.8 Å². The number of halogens is 2. The van der Waals surface area contributed by atoms with Crippen molar-refractivity contribution in [3.05, 3.63) is 11.6 Å². The third-order valence-corrected chi connectivity index (χ3v) is 4.45. The zero-order valence-electron chi connectivity index (χ0n) is 13.4. The van der Waals surface area contributed by atoms with Crippen LogP contribution in [0.5, 0.6) is 0 Å². The van der Waals surface area contributed by atoms with Gasteiger partial charge in [-0.05, 0) is 32.2 Å². The zero-order valence-corrected chi connectivity index (χ0v) is 15.1. The summed E-state index contributed by atoms with van der Waals surface area (Å²) in [4.78, 5) is 11.9. The fourth-order valence-corrected chi connectivity index (χ4v) is 3.27. The summed E-state index contributed by atoms with van der Waals surface area (Å²) < 4.78 is 2.25. The molecular weight excluding hydrogens is 337 g/mol. The van der Waals surface area contributed by atoms with Crippen molar-refractivity contribution < 1.29 is 4.79 Å². The van der Waals surface area contributed by atoms with Crippen molar-refractivity contribution in [1.29, 1.82) is 0 Å². The highest BCUT2D eigenvalue weighted by Crippen LogP contribution is 2.14. The van der Waals surface area contributed by atoms with Crippen molar-refractivity contribution in [3.8, 4) is 0 Å². The van der Waals surface area contributed by atoms with Gasteiger partial charge in [0, 0.05) is 38.4 Å². The molecule has 1 amide bonds. The highest BCUT2D eigenvalue weighted by molar-refractivity contribution is 5.85. The van der Waals surface area contributed by atoms with Crippen molar-refractivity contribution in [2.75, 3.05) is 13.1 Å². The molecule has 3 heterocycles. The molecule has 0 aliphatic carbocycles. The Bertz CT molecular complexity index is 488. The van der Waals surface area contributed by atoms with Gasteiger partial charge in [-0.25, -0.2) is 0 Å². The van der Waals surface area contributed by atoms with Crippen LogP contribution in [0.2, 0.25) is 0 Å². The molecule has 0 saturated carbocycles. The van der Waals surface area contributed by atoms with Gasteiger partial charge in [-0.3, -0.25) is 4.79 Å². The van der Waals surface area contributed by atoms with Crippen molar-refractivity contribution in [1.82, 2.24) is 25.4 Å². The van der Waals surface area contributed by atoms with Crippen LogP contribution in [-0.2, 0) is 24.2 Å². The Morgan fingerprint density at radius 3 is 2.87 bits per heavy atom. The second-order valence-corrected chi connectivity index (χ2v) is 6.09. The molecule has 23 heavy (non-hydrogen) atoms. The molecule has 1 aromatic rings. The second kappa shape index (κ2) is 10.1. The Hall–Kier alpha value is -0.850. The van der Waals surface area contributed by atoms with Crippen molar-refractivity contribution in [2.45, 2.75) is 64.0 Å². The van der Waals surface area contributed by atoms with E-state index in [9.17, 15) is 4.79 Å². The molecule has 2 aliphatic rings. The van der Waals surface area contributed by atoms with Crippen LogP contribution < -0.4 is 10.6 Å². The molecule has 3 rings (SSSR count). The van der Waals surface area contributed by atoms with Crippen molar-refractivity contribution in [3.63, 3.8) is 0 Å².